The highest BCUT2D eigenvalue weighted by molar-refractivity contribution is 7.83. The molecule has 0 spiro atoms. The Morgan fingerprint density at radius 1 is 1.44 bits per heavy atom. The number of allylic oxidation sites excluding steroid dienone is 1. The van der Waals surface area contributed by atoms with E-state index in [9.17, 15) is 0 Å². The van der Waals surface area contributed by atoms with Crippen LogP contribution in [-0.2, 0) is 0 Å². The van der Waals surface area contributed by atoms with E-state index in [4.69, 9.17) is 5.41 Å². The highest BCUT2D eigenvalue weighted by atomic mass is 32.1. The van der Waals surface area contributed by atoms with Crippen molar-refractivity contribution in [2.45, 2.75) is 20.8 Å². The summed E-state index contributed by atoms with van der Waals surface area (Å²) in [5.74, 6) is 0. The van der Waals surface area contributed by atoms with E-state index in [-0.39, 0.29) is 5.41 Å². The van der Waals surface area contributed by atoms with Gasteiger partial charge >= 0.3 is 0 Å². The van der Waals surface area contributed by atoms with Crippen LogP contribution in [0.2, 0.25) is 0 Å². The number of rotatable bonds is 1. The van der Waals surface area contributed by atoms with Crippen LogP contribution < -0.4 is 0 Å². The summed E-state index contributed by atoms with van der Waals surface area (Å²) >= 11 is 3.98. The summed E-state index contributed by atoms with van der Waals surface area (Å²) in [5.41, 5.74) is 1.01. The molecule has 2 heteroatoms. The molecule has 1 N–H and O–H groups in total. The van der Waals surface area contributed by atoms with Crippen molar-refractivity contribution in [3.05, 3.63) is 11.0 Å². The van der Waals surface area contributed by atoms with Crippen molar-refractivity contribution >= 4 is 18.8 Å². The first-order valence-corrected chi connectivity index (χ1v) is 3.39. The van der Waals surface area contributed by atoms with Gasteiger partial charge in [-0.3, -0.25) is 0 Å². The third kappa shape index (κ3) is 2.70. The summed E-state index contributed by atoms with van der Waals surface area (Å²) in [6.07, 6.45) is 1.34. The van der Waals surface area contributed by atoms with Gasteiger partial charge in [0.25, 0.3) is 0 Å². The summed E-state index contributed by atoms with van der Waals surface area (Å²) < 4.78 is 0. The molecule has 0 aliphatic carbocycles. The SMILES string of the molecule is CC(C)(C)/C(C=N)=C/S. The first kappa shape index (κ1) is 8.76. The van der Waals surface area contributed by atoms with Gasteiger partial charge < -0.3 is 5.41 Å². The van der Waals surface area contributed by atoms with E-state index in [1.807, 2.05) is 0 Å². The largest absolute Gasteiger partial charge is 0.308 e. The molecule has 0 fully saturated rings. The fraction of sp³-hybridized carbons (Fsp3) is 0.571. The zero-order valence-corrected chi connectivity index (χ0v) is 7.00. The second-order valence-corrected chi connectivity index (χ2v) is 3.24. The number of thiol groups is 1. The molecular weight excluding hydrogens is 130 g/mol. The zero-order chi connectivity index (χ0) is 7.49. The molecule has 0 aromatic heterocycles. The third-order valence-electron chi connectivity index (χ3n) is 1.16. The molecule has 0 radical (unpaired) electrons. The van der Waals surface area contributed by atoms with Gasteiger partial charge in [0.15, 0.2) is 0 Å². The number of hydrogen-bond donors (Lipinski definition) is 2. The Bertz CT molecular complexity index is 130. The van der Waals surface area contributed by atoms with Crippen LogP contribution in [0.25, 0.3) is 0 Å². The Balaban J connectivity index is 4.32. The van der Waals surface area contributed by atoms with Crippen LogP contribution in [0.3, 0.4) is 0 Å². The maximum absolute atomic E-state index is 6.97. The van der Waals surface area contributed by atoms with Crippen molar-refractivity contribution < 1.29 is 0 Å². The van der Waals surface area contributed by atoms with E-state index in [0.29, 0.717) is 0 Å². The van der Waals surface area contributed by atoms with Crippen molar-refractivity contribution in [2.75, 3.05) is 0 Å². The molecule has 0 aliphatic heterocycles. The van der Waals surface area contributed by atoms with E-state index >= 15 is 0 Å². The monoisotopic (exact) mass is 143 g/mol. The summed E-state index contributed by atoms with van der Waals surface area (Å²) in [7, 11) is 0. The quantitative estimate of drug-likeness (QED) is 0.416. The van der Waals surface area contributed by atoms with Crippen molar-refractivity contribution in [2.24, 2.45) is 5.41 Å². The van der Waals surface area contributed by atoms with Crippen molar-refractivity contribution in [1.82, 2.24) is 0 Å². The van der Waals surface area contributed by atoms with Crippen LogP contribution in [0, 0.1) is 10.8 Å². The van der Waals surface area contributed by atoms with E-state index in [1.165, 1.54) is 6.21 Å². The number of nitrogens with one attached hydrogen (secondary N) is 1. The van der Waals surface area contributed by atoms with Crippen LogP contribution in [-0.4, -0.2) is 6.21 Å². The smallest absolute Gasteiger partial charge is 0.0220 e. The Kier molecular flexibility index (Phi) is 2.98. The first-order valence-electron chi connectivity index (χ1n) is 2.87. The fourth-order valence-corrected chi connectivity index (χ4v) is 0.909. The molecular formula is C7H13NS. The maximum atomic E-state index is 6.97. The molecule has 0 saturated carbocycles. The summed E-state index contributed by atoms with van der Waals surface area (Å²) in [4.78, 5) is 0. The van der Waals surface area contributed by atoms with Crippen LogP contribution in [0.5, 0.6) is 0 Å². The van der Waals surface area contributed by atoms with Gasteiger partial charge in [0.05, 0.1) is 0 Å². The number of hydrogen-bond acceptors (Lipinski definition) is 2. The third-order valence-corrected chi connectivity index (χ3v) is 1.44. The van der Waals surface area contributed by atoms with Gasteiger partial charge in [-0.15, -0.1) is 0 Å². The van der Waals surface area contributed by atoms with E-state index in [2.05, 4.69) is 33.4 Å². The minimum absolute atomic E-state index is 0.0590. The van der Waals surface area contributed by atoms with Gasteiger partial charge in [-0.1, -0.05) is 20.8 Å². The predicted octanol–water partition coefficient (Wildman–Crippen LogP) is 2.50. The second kappa shape index (κ2) is 3.06. The second-order valence-electron chi connectivity index (χ2n) is 2.98. The molecule has 0 aromatic rings. The molecule has 0 atom stereocenters. The van der Waals surface area contributed by atoms with Crippen LogP contribution in [0.15, 0.2) is 11.0 Å². The highest BCUT2D eigenvalue weighted by Crippen LogP contribution is 2.23. The predicted molar refractivity (Wildman–Crippen MR) is 45.3 cm³/mol. The molecule has 0 unspecified atom stereocenters. The molecule has 0 amide bonds. The average Bonchev–Trinajstić information content (AvgIpc) is 1.65. The lowest BCUT2D eigenvalue weighted by molar-refractivity contribution is 0.527. The Morgan fingerprint density at radius 3 is 1.89 bits per heavy atom. The van der Waals surface area contributed by atoms with Crippen LogP contribution in [0.4, 0.5) is 0 Å². The van der Waals surface area contributed by atoms with Crippen molar-refractivity contribution in [1.29, 1.82) is 5.41 Å². The Morgan fingerprint density at radius 2 is 1.89 bits per heavy atom. The molecule has 1 nitrogen and oxygen atoms in total. The summed E-state index contributed by atoms with van der Waals surface area (Å²) in [6.45, 7) is 6.17. The van der Waals surface area contributed by atoms with Crippen LogP contribution in [0.1, 0.15) is 20.8 Å². The lowest BCUT2D eigenvalue weighted by Crippen LogP contribution is -2.09. The average molecular weight is 143 g/mol. The lowest BCUT2D eigenvalue weighted by atomic mass is 9.88. The Hall–Kier alpha value is -0.240. The minimum Gasteiger partial charge on any atom is -0.308 e. The molecule has 0 aromatic carbocycles. The van der Waals surface area contributed by atoms with Gasteiger partial charge in [0.2, 0.25) is 0 Å². The molecule has 0 aliphatic rings. The normalized spacial score (nSPS) is 13.6. The first-order chi connectivity index (χ1) is 4.02. The summed E-state index contributed by atoms with van der Waals surface area (Å²) in [5, 5.41) is 8.65. The van der Waals surface area contributed by atoms with Gasteiger partial charge in [-0.2, -0.15) is 12.6 Å². The topological polar surface area (TPSA) is 23.9 Å². The Labute approximate surface area is 62.1 Å². The van der Waals surface area contributed by atoms with Crippen molar-refractivity contribution in [3.63, 3.8) is 0 Å². The van der Waals surface area contributed by atoms with Gasteiger partial charge in [0.1, 0.15) is 0 Å². The minimum atomic E-state index is 0.0590. The van der Waals surface area contributed by atoms with Crippen LogP contribution >= 0.6 is 12.6 Å². The van der Waals surface area contributed by atoms with Crippen molar-refractivity contribution in [3.8, 4) is 0 Å². The lowest BCUT2D eigenvalue weighted by Gasteiger charge is -2.17. The zero-order valence-electron chi connectivity index (χ0n) is 6.10. The molecule has 0 saturated heterocycles. The van der Waals surface area contributed by atoms with Gasteiger partial charge in [-0.25, -0.2) is 0 Å². The molecule has 9 heavy (non-hydrogen) atoms. The van der Waals surface area contributed by atoms with Gasteiger partial charge in [0, 0.05) is 6.21 Å². The van der Waals surface area contributed by atoms with E-state index in [0.717, 1.165) is 5.57 Å². The van der Waals surface area contributed by atoms with E-state index in [1.54, 1.807) is 5.41 Å². The molecule has 0 bridgehead atoms. The maximum Gasteiger partial charge on any atom is 0.0220 e. The van der Waals surface area contributed by atoms with E-state index < -0.39 is 0 Å². The summed E-state index contributed by atoms with van der Waals surface area (Å²) in [6, 6.07) is 0. The molecule has 0 rings (SSSR count). The highest BCUT2D eigenvalue weighted by Gasteiger charge is 2.13. The molecule has 0 heterocycles. The van der Waals surface area contributed by atoms with Gasteiger partial charge in [-0.05, 0) is 16.4 Å². The standard InChI is InChI=1S/C7H13NS/c1-7(2,3)6(4-8)5-9/h4-5,8-9H,1-3H3/b6-5+,8-4?. The molecule has 52 valence electrons. The fourth-order valence-electron chi connectivity index (χ4n) is 0.447.